The van der Waals surface area contributed by atoms with Crippen molar-refractivity contribution in [2.45, 2.75) is 38.1 Å². The summed E-state index contributed by atoms with van der Waals surface area (Å²) in [7, 11) is -16.2. The Morgan fingerprint density at radius 3 is 2.38 bits per heavy atom. The summed E-state index contributed by atoms with van der Waals surface area (Å²) in [5, 5.41) is 0. The van der Waals surface area contributed by atoms with Crippen LogP contribution in [0.15, 0.2) is 15.8 Å². The van der Waals surface area contributed by atoms with Crippen molar-refractivity contribution >= 4 is 23.2 Å². The molecule has 14 nitrogen and oxygen atoms in total. The summed E-state index contributed by atoms with van der Waals surface area (Å²) in [5.41, 5.74) is -1.31. The molecule has 2 rings (SSSR count). The van der Waals surface area contributed by atoms with Gasteiger partial charge in [0, 0.05) is 11.8 Å². The second-order valence-corrected chi connectivity index (χ2v) is 10.9. The fourth-order valence-corrected chi connectivity index (χ4v) is 6.05. The lowest BCUT2D eigenvalue weighted by atomic mass is 10.2. The Bertz CT molecular complexity index is 1020. The first kappa shape index (κ1) is 24.3. The molecule has 1 aromatic rings. The van der Waals surface area contributed by atoms with Crippen LogP contribution in [0.4, 0.5) is 4.39 Å². The number of ether oxygens (including phenoxy) is 1. The number of aromatic nitrogens is 2. The molecule has 1 saturated carbocycles. The van der Waals surface area contributed by atoms with Crippen LogP contribution in [0.2, 0.25) is 0 Å². The topological polar surface area (TPSA) is 215 Å². The highest BCUT2D eigenvalue weighted by Crippen LogP contribution is 2.66. The van der Waals surface area contributed by atoms with Crippen LogP contribution in [0.1, 0.15) is 24.4 Å². The zero-order valence-electron chi connectivity index (χ0n) is 14.7. The highest BCUT2D eigenvalue weighted by Gasteiger charge is 2.43. The molecule has 0 spiro atoms. The average Bonchev–Trinajstić information content (AvgIpc) is 2.86. The number of aromatic amines is 1. The first-order valence-corrected chi connectivity index (χ1v) is 12.6. The Kier molecular flexibility index (Phi) is 7.24. The van der Waals surface area contributed by atoms with Crippen molar-refractivity contribution in [3.63, 3.8) is 0 Å². The van der Waals surface area contributed by atoms with Gasteiger partial charge in [0.25, 0.3) is 5.56 Å². The second-order valence-electron chi connectivity index (χ2n) is 6.16. The third-order valence-corrected chi connectivity index (χ3v) is 7.86. The number of halogens is 1. The number of hydrogen-bond acceptors (Lipinski definition) is 8. The molecular weight excluding hydrogens is 464 g/mol. The number of phosphoric acid groups is 2. The molecule has 5 N–H and O–H groups in total. The molecule has 0 saturated heterocycles. The lowest BCUT2D eigenvalue weighted by Gasteiger charge is -2.21. The van der Waals surface area contributed by atoms with Crippen molar-refractivity contribution in [3.05, 3.63) is 32.6 Å². The molecule has 2 unspecified atom stereocenters. The molecule has 1 aromatic heterocycles. The van der Waals surface area contributed by atoms with Gasteiger partial charge >= 0.3 is 28.9 Å². The van der Waals surface area contributed by atoms with Crippen molar-refractivity contribution in [1.82, 2.24) is 9.55 Å². The van der Waals surface area contributed by atoms with Crippen molar-refractivity contribution in [3.8, 4) is 0 Å². The van der Waals surface area contributed by atoms with Crippen LogP contribution in [-0.2, 0) is 27.1 Å². The third-order valence-electron chi connectivity index (χ3n) is 3.86. The fourth-order valence-electron chi connectivity index (χ4n) is 2.73. The van der Waals surface area contributed by atoms with Crippen molar-refractivity contribution in [1.29, 1.82) is 0 Å². The van der Waals surface area contributed by atoms with E-state index in [1.165, 1.54) is 13.1 Å². The Morgan fingerprint density at radius 1 is 1.17 bits per heavy atom. The molecule has 1 aliphatic rings. The molecule has 0 aromatic carbocycles. The van der Waals surface area contributed by atoms with Crippen molar-refractivity contribution in [2.75, 3.05) is 6.35 Å². The summed E-state index contributed by atoms with van der Waals surface area (Å²) >= 11 is 0. The second kappa shape index (κ2) is 8.64. The number of nitrogens with zero attached hydrogens (tertiary/aromatic N) is 1. The van der Waals surface area contributed by atoms with Gasteiger partial charge in [0.05, 0.1) is 12.1 Å². The summed E-state index contributed by atoms with van der Waals surface area (Å²) in [6.45, 7) is 1.41. The van der Waals surface area contributed by atoms with Gasteiger partial charge in [-0.2, -0.15) is 4.31 Å². The van der Waals surface area contributed by atoms with E-state index in [1.807, 2.05) is 4.98 Å². The zero-order chi connectivity index (χ0) is 22.2. The third kappa shape index (κ3) is 6.76. The predicted molar refractivity (Wildman–Crippen MR) is 92.8 cm³/mol. The van der Waals surface area contributed by atoms with Gasteiger partial charge in [0.2, 0.25) is 0 Å². The summed E-state index contributed by atoms with van der Waals surface area (Å²) < 4.78 is 61.4. The maximum absolute atomic E-state index is 14.7. The quantitative estimate of drug-likeness (QED) is 0.316. The number of alkyl halides is 1. The van der Waals surface area contributed by atoms with Gasteiger partial charge in [0.1, 0.15) is 12.5 Å². The number of rotatable bonds is 8. The van der Waals surface area contributed by atoms with Gasteiger partial charge in [-0.15, -0.1) is 0 Å². The maximum atomic E-state index is 14.7. The minimum Gasteiger partial charge on any atom is -0.362 e. The van der Waals surface area contributed by atoms with E-state index >= 15 is 0 Å². The van der Waals surface area contributed by atoms with E-state index in [0.29, 0.717) is 0 Å². The average molecular weight is 482 g/mol. The standard InChI is InChI=1S/C11H18FN2O12P3/c1-6-4-14(11(16)13-10(6)15)7-2-3-8(9(7)12)24-5-27(17,18)25-29(22,23)26-28(19,20)21/h4,7-9H,2-3,5H2,1H3,(H,17,18)(H,22,23)(H,13,15,16)(H2,19,20,21)/t7-,8+,9+/m0/s1. The van der Waals surface area contributed by atoms with Crippen molar-refractivity contribution < 1.29 is 51.0 Å². The van der Waals surface area contributed by atoms with Gasteiger partial charge in [-0.3, -0.25) is 18.9 Å². The van der Waals surface area contributed by atoms with Gasteiger partial charge in [-0.1, -0.05) is 0 Å². The SMILES string of the molecule is Cc1cn([C@H]2CC[C@@H](OCP(=O)(O)OP(=O)(O)OP(=O)(O)O)[C@@H]2F)c(=O)[nH]c1=O. The number of H-pyrrole nitrogens is 1. The number of nitrogens with one attached hydrogen (secondary N) is 1. The van der Waals surface area contributed by atoms with Crippen LogP contribution >= 0.6 is 23.2 Å². The van der Waals surface area contributed by atoms with Gasteiger partial charge in [-0.05, 0) is 19.8 Å². The van der Waals surface area contributed by atoms with Gasteiger partial charge in [-0.25, -0.2) is 22.6 Å². The molecular formula is C11H18FN2O12P3. The minimum atomic E-state index is -5.62. The largest absolute Gasteiger partial charge is 0.488 e. The predicted octanol–water partition coefficient (Wildman–Crippen LogP) is 0.272. The van der Waals surface area contributed by atoms with E-state index in [2.05, 4.69) is 8.62 Å². The number of hydrogen-bond donors (Lipinski definition) is 5. The van der Waals surface area contributed by atoms with Crippen LogP contribution in [0, 0.1) is 6.92 Å². The monoisotopic (exact) mass is 482 g/mol. The highest BCUT2D eigenvalue weighted by atomic mass is 31.3. The maximum Gasteiger partial charge on any atom is 0.488 e. The molecule has 1 fully saturated rings. The lowest BCUT2D eigenvalue weighted by molar-refractivity contribution is 0.0230. The van der Waals surface area contributed by atoms with E-state index in [4.69, 9.17) is 19.4 Å². The molecule has 29 heavy (non-hydrogen) atoms. The zero-order valence-corrected chi connectivity index (χ0v) is 17.3. The summed E-state index contributed by atoms with van der Waals surface area (Å²) in [6.07, 6.45) is -3.20. The van der Waals surface area contributed by atoms with Crippen LogP contribution in [0.3, 0.4) is 0 Å². The summed E-state index contributed by atoms with van der Waals surface area (Å²) in [6, 6.07) is -1.04. The summed E-state index contributed by atoms with van der Waals surface area (Å²) in [4.78, 5) is 60.8. The first-order chi connectivity index (χ1) is 13.1. The van der Waals surface area contributed by atoms with Crippen LogP contribution in [0.25, 0.3) is 0 Å². The Hall–Kier alpha value is -0.980. The Morgan fingerprint density at radius 2 is 1.79 bits per heavy atom. The van der Waals surface area contributed by atoms with Gasteiger partial charge < -0.3 is 24.3 Å². The van der Waals surface area contributed by atoms with E-state index in [0.717, 1.165) is 4.57 Å². The minimum absolute atomic E-state index is 0.00772. The highest BCUT2D eigenvalue weighted by molar-refractivity contribution is 7.68. The smallest absolute Gasteiger partial charge is 0.362 e. The summed E-state index contributed by atoms with van der Waals surface area (Å²) in [5.74, 6) is 0. The van der Waals surface area contributed by atoms with E-state index in [1.54, 1.807) is 0 Å². The van der Waals surface area contributed by atoms with Gasteiger partial charge in [0.15, 0.2) is 0 Å². The molecule has 1 heterocycles. The fraction of sp³-hybridized carbons (Fsp3) is 0.636. The lowest BCUT2D eigenvalue weighted by Crippen LogP contribution is -2.36. The molecule has 5 atom stereocenters. The molecule has 0 radical (unpaired) electrons. The van der Waals surface area contributed by atoms with E-state index in [9.17, 15) is 32.6 Å². The van der Waals surface area contributed by atoms with Crippen LogP contribution in [-0.4, -0.2) is 47.7 Å². The first-order valence-electron chi connectivity index (χ1n) is 7.81. The van der Waals surface area contributed by atoms with Crippen LogP contribution in [0.5, 0.6) is 0 Å². The number of aryl methyl sites for hydroxylation is 1. The van der Waals surface area contributed by atoms with Crippen LogP contribution < -0.4 is 11.2 Å². The molecule has 166 valence electrons. The molecule has 0 amide bonds. The Balaban J connectivity index is 2.03. The molecule has 0 aliphatic heterocycles. The normalized spacial score (nSPS) is 26.8. The van der Waals surface area contributed by atoms with Crippen molar-refractivity contribution in [2.24, 2.45) is 0 Å². The Labute approximate surface area is 161 Å². The van der Waals surface area contributed by atoms with E-state index in [-0.39, 0.29) is 18.4 Å². The van der Waals surface area contributed by atoms with E-state index < -0.39 is 59.2 Å². The molecule has 1 aliphatic carbocycles. The molecule has 0 bridgehead atoms. The molecule has 18 heteroatoms.